The van der Waals surface area contributed by atoms with Crippen molar-refractivity contribution in [3.63, 3.8) is 0 Å². The monoisotopic (exact) mass is 357 g/mol. The molecule has 23 heavy (non-hydrogen) atoms. The van der Waals surface area contributed by atoms with E-state index in [-0.39, 0.29) is 36.8 Å². The molecule has 0 aliphatic rings. The van der Waals surface area contributed by atoms with Gasteiger partial charge in [0.15, 0.2) is 0 Å². The fourth-order valence-corrected chi connectivity index (χ4v) is 2.46. The summed E-state index contributed by atoms with van der Waals surface area (Å²) in [5.41, 5.74) is 8.12. The third-order valence-corrected chi connectivity index (χ3v) is 3.61. The molecule has 0 radical (unpaired) electrons. The first kappa shape index (κ1) is 21.6. The minimum atomic E-state index is -0.0664. The van der Waals surface area contributed by atoms with Crippen molar-refractivity contribution in [2.75, 3.05) is 6.54 Å². The number of fused-ring (bicyclic) bond motifs is 1. The predicted molar refractivity (Wildman–Crippen MR) is 101 cm³/mol. The lowest BCUT2D eigenvalue weighted by Gasteiger charge is -2.17. The Kier molecular flexibility index (Phi) is 9.80. The Balaban J connectivity index is 0.00000242. The maximum absolute atomic E-state index is 12.5. The van der Waals surface area contributed by atoms with Crippen LogP contribution in [0.25, 0.3) is 10.9 Å². The zero-order valence-electron chi connectivity index (χ0n) is 13.5. The Morgan fingerprint density at radius 3 is 2.65 bits per heavy atom. The molecular formula is C17H25Cl2N3O. The minimum absolute atomic E-state index is 0. The average molecular weight is 358 g/mol. The largest absolute Gasteiger partial charge is 0.348 e. The van der Waals surface area contributed by atoms with Crippen LogP contribution >= 0.6 is 24.8 Å². The van der Waals surface area contributed by atoms with E-state index in [0.29, 0.717) is 12.1 Å². The first-order chi connectivity index (χ1) is 10.2. The second-order valence-corrected chi connectivity index (χ2v) is 5.38. The van der Waals surface area contributed by atoms with Crippen molar-refractivity contribution in [1.82, 2.24) is 10.3 Å². The molecule has 1 amide bonds. The third kappa shape index (κ3) is 5.65. The topological polar surface area (TPSA) is 68.0 Å². The number of amides is 1. The number of hydrogen-bond acceptors (Lipinski definition) is 3. The molecule has 0 aliphatic heterocycles. The van der Waals surface area contributed by atoms with E-state index >= 15 is 0 Å². The summed E-state index contributed by atoms with van der Waals surface area (Å²) in [7, 11) is 0. The predicted octanol–water partition coefficient (Wildman–Crippen LogP) is 3.63. The van der Waals surface area contributed by atoms with Gasteiger partial charge in [-0.1, -0.05) is 38.0 Å². The van der Waals surface area contributed by atoms with Crippen molar-refractivity contribution in [2.45, 2.75) is 39.2 Å². The lowest BCUT2D eigenvalue weighted by molar-refractivity contribution is 0.0937. The quantitative estimate of drug-likeness (QED) is 0.829. The SMILES string of the molecule is CCCCC(CN)NC(=O)c1cc(C)nc2ccccc12.Cl.Cl. The van der Waals surface area contributed by atoms with Crippen LogP contribution in [0, 0.1) is 6.92 Å². The zero-order valence-corrected chi connectivity index (χ0v) is 15.2. The van der Waals surface area contributed by atoms with E-state index in [2.05, 4.69) is 17.2 Å². The van der Waals surface area contributed by atoms with Crippen LogP contribution in [0.3, 0.4) is 0 Å². The number of hydrogen-bond donors (Lipinski definition) is 2. The van der Waals surface area contributed by atoms with Gasteiger partial charge in [-0.15, -0.1) is 24.8 Å². The van der Waals surface area contributed by atoms with E-state index in [9.17, 15) is 4.79 Å². The number of carbonyl (C=O) groups excluding carboxylic acids is 1. The van der Waals surface area contributed by atoms with Gasteiger partial charge >= 0.3 is 0 Å². The van der Waals surface area contributed by atoms with Crippen molar-refractivity contribution in [1.29, 1.82) is 0 Å². The molecule has 0 fully saturated rings. The molecule has 0 saturated carbocycles. The lowest BCUT2D eigenvalue weighted by atomic mass is 10.1. The summed E-state index contributed by atoms with van der Waals surface area (Å²) < 4.78 is 0. The van der Waals surface area contributed by atoms with Gasteiger partial charge in [0, 0.05) is 23.7 Å². The number of pyridine rings is 1. The fraction of sp³-hybridized carbons (Fsp3) is 0.412. The van der Waals surface area contributed by atoms with Crippen LogP contribution in [-0.2, 0) is 0 Å². The van der Waals surface area contributed by atoms with Crippen LogP contribution in [-0.4, -0.2) is 23.5 Å². The van der Waals surface area contributed by atoms with Gasteiger partial charge in [0.25, 0.3) is 5.91 Å². The molecule has 1 heterocycles. The number of nitrogens with two attached hydrogens (primary N) is 1. The van der Waals surface area contributed by atoms with Crippen molar-refractivity contribution >= 4 is 41.6 Å². The van der Waals surface area contributed by atoms with Crippen LogP contribution in [0.4, 0.5) is 0 Å². The van der Waals surface area contributed by atoms with Crippen LogP contribution in [0.15, 0.2) is 30.3 Å². The average Bonchev–Trinajstić information content (AvgIpc) is 2.50. The Hall–Kier alpha value is -1.36. The Morgan fingerprint density at radius 2 is 2.00 bits per heavy atom. The van der Waals surface area contributed by atoms with Gasteiger partial charge in [0.1, 0.15) is 0 Å². The molecule has 1 aromatic heterocycles. The van der Waals surface area contributed by atoms with E-state index in [1.54, 1.807) is 0 Å². The molecule has 0 spiro atoms. The molecule has 0 saturated heterocycles. The van der Waals surface area contributed by atoms with Gasteiger partial charge in [-0.25, -0.2) is 0 Å². The van der Waals surface area contributed by atoms with Crippen molar-refractivity contribution in [2.24, 2.45) is 5.73 Å². The second-order valence-electron chi connectivity index (χ2n) is 5.38. The van der Waals surface area contributed by atoms with E-state index in [1.807, 2.05) is 37.3 Å². The number of nitrogens with one attached hydrogen (secondary N) is 1. The minimum Gasteiger partial charge on any atom is -0.348 e. The van der Waals surface area contributed by atoms with Gasteiger partial charge in [0.05, 0.1) is 11.1 Å². The summed E-state index contributed by atoms with van der Waals surface area (Å²) in [6.45, 7) is 4.50. The summed E-state index contributed by atoms with van der Waals surface area (Å²) >= 11 is 0. The van der Waals surface area contributed by atoms with Gasteiger partial charge in [0.2, 0.25) is 0 Å². The van der Waals surface area contributed by atoms with Gasteiger partial charge in [-0.2, -0.15) is 0 Å². The Bertz CT molecular complexity index is 634. The highest BCUT2D eigenvalue weighted by Gasteiger charge is 2.15. The number of aryl methyl sites for hydroxylation is 1. The summed E-state index contributed by atoms with van der Waals surface area (Å²) in [5, 5.41) is 3.93. The van der Waals surface area contributed by atoms with Crippen LogP contribution < -0.4 is 11.1 Å². The van der Waals surface area contributed by atoms with Gasteiger partial charge < -0.3 is 11.1 Å². The molecule has 1 aromatic carbocycles. The first-order valence-corrected chi connectivity index (χ1v) is 7.53. The molecule has 0 bridgehead atoms. The second kappa shape index (κ2) is 10.4. The Morgan fingerprint density at radius 1 is 1.30 bits per heavy atom. The van der Waals surface area contributed by atoms with Crippen molar-refractivity contribution < 1.29 is 4.79 Å². The fourth-order valence-electron chi connectivity index (χ4n) is 2.46. The maximum atomic E-state index is 12.5. The molecule has 1 atom stereocenters. The number of carbonyl (C=O) groups is 1. The van der Waals surface area contributed by atoms with Crippen LogP contribution in [0.2, 0.25) is 0 Å². The summed E-state index contributed by atoms with van der Waals surface area (Å²) in [6.07, 6.45) is 3.09. The third-order valence-electron chi connectivity index (χ3n) is 3.61. The number of rotatable bonds is 6. The number of unbranched alkanes of at least 4 members (excludes halogenated alkanes) is 1. The van der Waals surface area contributed by atoms with Crippen molar-refractivity contribution in [3.05, 3.63) is 41.6 Å². The molecule has 6 heteroatoms. The summed E-state index contributed by atoms with van der Waals surface area (Å²) in [6, 6.07) is 9.58. The molecule has 4 nitrogen and oxygen atoms in total. The zero-order chi connectivity index (χ0) is 15.2. The van der Waals surface area contributed by atoms with E-state index < -0.39 is 0 Å². The highest BCUT2D eigenvalue weighted by molar-refractivity contribution is 6.06. The standard InChI is InChI=1S/C17H23N3O.2ClH/c1-3-4-7-13(11-18)20-17(21)15-10-12(2)19-16-9-6-5-8-14(15)16;;/h5-6,8-10,13H,3-4,7,11,18H2,1-2H3,(H,20,21);2*1H. The van der Waals surface area contributed by atoms with Crippen molar-refractivity contribution in [3.8, 4) is 0 Å². The van der Waals surface area contributed by atoms with E-state index in [4.69, 9.17) is 5.73 Å². The number of para-hydroxylation sites is 1. The first-order valence-electron chi connectivity index (χ1n) is 7.53. The Labute approximate surface area is 150 Å². The molecule has 0 aliphatic carbocycles. The molecule has 3 N–H and O–H groups in total. The summed E-state index contributed by atoms with van der Waals surface area (Å²) in [5.74, 6) is -0.0664. The number of nitrogens with zero attached hydrogens (tertiary/aromatic N) is 1. The number of benzene rings is 1. The number of aromatic nitrogens is 1. The van der Waals surface area contributed by atoms with Crippen LogP contribution in [0.5, 0.6) is 0 Å². The summed E-state index contributed by atoms with van der Waals surface area (Å²) in [4.78, 5) is 17.0. The molecular weight excluding hydrogens is 333 g/mol. The lowest BCUT2D eigenvalue weighted by Crippen LogP contribution is -2.40. The molecule has 1 unspecified atom stereocenters. The smallest absolute Gasteiger partial charge is 0.252 e. The van der Waals surface area contributed by atoms with E-state index in [0.717, 1.165) is 35.9 Å². The van der Waals surface area contributed by atoms with Gasteiger partial charge in [-0.05, 0) is 25.5 Å². The van der Waals surface area contributed by atoms with Crippen LogP contribution in [0.1, 0.15) is 42.2 Å². The molecule has 128 valence electrons. The number of halogens is 2. The maximum Gasteiger partial charge on any atom is 0.252 e. The highest BCUT2D eigenvalue weighted by Crippen LogP contribution is 2.18. The van der Waals surface area contributed by atoms with Gasteiger partial charge in [-0.3, -0.25) is 9.78 Å². The molecule has 2 rings (SSSR count). The molecule has 2 aromatic rings. The normalized spacial score (nSPS) is 11.3. The highest BCUT2D eigenvalue weighted by atomic mass is 35.5. The van der Waals surface area contributed by atoms with E-state index in [1.165, 1.54) is 0 Å².